The Hall–Kier alpha value is -2.81. The van der Waals surface area contributed by atoms with Crippen LogP contribution in [0.25, 0.3) is 0 Å². The number of carbonyl (C=O) groups excluding carboxylic acids is 1. The number of nitrogens with zero attached hydrogens (tertiary/aromatic N) is 5. The lowest BCUT2D eigenvalue weighted by molar-refractivity contribution is 0.0139. The monoisotopic (exact) mass is 455 g/mol. The van der Waals surface area contributed by atoms with Gasteiger partial charge in [0.25, 0.3) is 0 Å². The van der Waals surface area contributed by atoms with Crippen LogP contribution in [0.15, 0.2) is 34.3 Å². The van der Waals surface area contributed by atoms with Crippen molar-refractivity contribution in [2.24, 2.45) is 21.5 Å². The second-order valence-corrected chi connectivity index (χ2v) is 10.2. The van der Waals surface area contributed by atoms with Crippen LogP contribution in [-0.4, -0.2) is 65.3 Å². The van der Waals surface area contributed by atoms with Crippen LogP contribution in [0.5, 0.6) is 0 Å². The maximum atomic E-state index is 12.3. The molecule has 1 aromatic carbocycles. The fourth-order valence-corrected chi connectivity index (χ4v) is 4.96. The minimum atomic E-state index is -0.474. The Bertz CT molecular complexity index is 923. The van der Waals surface area contributed by atoms with E-state index >= 15 is 0 Å². The number of carbonyl (C=O) groups is 1. The summed E-state index contributed by atoms with van der Waals surface area (Å²) in [5.74, 6) is 0.678. The molecule has 4 N–H and O–H groups in total. The third-order valence-electron chi connectivity index (χ3n) is 6.45. The van der Waals surface area contributed by atoms with E-state index in [1.165, 1.54) is 12.0 Å². The van der Waals surface area contributed by atoms with E-state index in [1.807, 2.05) is 20.8 Å². The maximum Gasteiger partial charge on any atom is 0.410 e. The number of nitrogens with two attached hydrogens (primary N) is 2. The quantitative estimate of drug-likeness (QED) is 0.725. The summed E-state index contributed by atoms with van der Waals surface area (Å²) in [7, 11) is 0. The standard InChI is InChI=1S/C24H37N7O2/c1-23(2,3)33-22(32)30-14-12-29(13-15-30)17-18-8-7-9-19(16-18)31-21(26)27-20(25)28-24(31)10-5-4-6-11-24/h7-9,16H,4-6,10-15,17H2,1-3H3,(H4,25,26,27,28). The van der Waals surface area contributed by atoms with E-state index in [-0.39, 0.29) is 12.1 Å². The van der Waals surface area contributed by atoms with Crippen LogP contribution >= 0.6 is 0 Å². The average molecular weight is 456 g/mol. The normalized spacial score (nSPS) is 21.5. The van der Waals surface area contributed by atoms with Gasteiger partial charge < -0.3 is 21.1 Å². The summed E-state index contributed by atoms with van der Waals surface area (Å²) in [5, 5.41) is 0. The Labute approximate surface area is 196 Å². The molecule has 180 valence electrons. The lowest BCUT2D eigenvalue weighted by atomic mass is 9.87. The van der Waals surface area contributed by atoms with Gasteiger partial charge in [-0.25, -0.2) is 9.79 Å². The number of anilines is 1. The highest BCUT2D eigenvalue weighted by atomic mass is 16.6. The van der Waals surface area contributed by atoms with Crippen molar-refractivity contribution in [3.8, 4) is 0 Å². The molecule has 0 bridgehead atoms. The van der Waals surface area contributed by atoms with Gasteiger partial charge in [-0.1, -0.05) is 18.6 Å². The smallest absolute Gasteiger partial charge is 0.410 e. The van der Waals surface area contributed by atoms with Crippen molar-refractivity contribution in [1.82, 2.24) is 9.80 Å². The molecule has 9 nitrogen and oxygen atoms in total. The first-order valence-corrected chi connectivity index (χ1v) is 11.9. The molecular weight excluding hydrogens is 418 g/mol. The second-order valence-electron chi connectivity index (χ2n) is 10.2. The number of guanidine groups is 2. The van der Waals surface area contributed by atoms with Gasteiger partial charge in [-0.3, -0.25) is 9.80 Å². The van der Waals surface area contributed by atoms with E-state index in [4.69, 9.17) is 21.2 Å². The number of amides is 1. The van der Waals surface area contributed by atoms with Crippen molar-refractivity contribution in [1.29, 1.82) is 0 Å². The van der Waals surface area contributed by atoms with Gasteiger partial charge in [-0.2, -0.15) is 4.99 Å². The van der Waals surface area contributed by atoms with E-state index in [0.717, 1.165) is 51.0 Å². The van der Waals surface area contributed by atoms with Crippen molar-refractivity contribution >= 4 is 23.7 Å². The van der Waals surface area contributed by atoms with Gasteiger partial charge in [0.2, 0.25) is 11.9 Å². The molecular formula is C24H37N7O2. The zero-order valence-corrected chi connectivity index (χ0v) is 20.1. The van der Waals surface area contributed by atoms with Gasteiger partial charge in [-0.05, 0) is 64.2 Å². The molecule has 0 radical (unpaired) electrons. The summed E-state index contributed by atoms with van der Waals surface area (Å²) in [5.41, 5.74) is 13.7. The van der Waals surface area contributed by atoms with Gasteiger partial charge >= 0.3 is 6.09 Å². The number of hydrogen-bond acceptors (Lipinski definition) is 8. The zero-order chi connectivity index (χ0) is 23.6. The first-order chi connectivity index (χ1) is 15.7. The third kappa shape index (κ3) is 5.40. The lowest BCUT2D eigenvalue weighted by Gasteiger charge is -2.45. The minimum Gasteiger partial charge on any atom is -0.444 e. The van der Waals surface area contributed by atoms with Crippen LogP contribution in [0.4, 0.5) is 10.5 Å². The van der Waals surface area contributed by atoms with Crippen LogP contribution in [0.1, 0.15) is 58.4 Å². The molecule has 0 unspecified atom stereocenters. The second kappa shape index (κ2) is 9.21. The van der Waals surface area contributed by atoms with E-state index in [2.05, 4.69) is 39.1 Å². The summed E-state index contributed by atoms with van der Waals surface area (Å²) in [6, 6.07) is 8.44. The Balaban J connectivity index is 1.44. The number of rotatable bonds is 3. The van der Waals surface area contributed by atoms with E-state index in [0.29, 0.717) is 19.0 Å². The summed E-state index contributed by atoms with van der Waals surface area (Å²) in [6.07, 6.45) is 5.00. The SMILES string of the molecule is CC(C)(C)OC(=O)N1CCN(Cc2cccc(N3C(N)=NC(N)=NC34CCCCC4)c2)CC1. The molecule has 0 aromatic heterocycles. The lowest BCUT2D eigenvalue weighted by Crippen LogP contribution is -2.58. The van der Waals surface area contributed by atoms with E-state index < -0.39 is 11.3 Å². The minimum absolute atomic E-state index is 0.235. The van der Waals surface area contributed by atoms with Crippen molar-refractivity contribution in [3.63, 3.8) is 0 Å². The van der Waals surface area contributed by atoms with Crippen molar-refractivity contribution in [3.05, 3.63) is 29.8 Å². The Kier molecular flexibility index (Phi) is 6.52. The van der Waals surface area contributed by atoms with Crippen LogP contribution < -0.4 is 16.4 Å². The Morgan fingerprint density at radius 3 is 2.45 bits per heavy atom. The molecule has 1 saturated heterocycles. The van der Waals surface area contributed by atoms with E-state index in [1.54, 1.807) is 4.90 Å². The summed E-state index contributed by atoms with van der Waals surface area (Å²) in [6.45, 7) is 9.43. The molecule has 2 heterocycles. The zero-order valence-electron chi connectivity index (χ0n) is 20.1. The largest absolute Gasteiger partial charge is 0.444 e. The molecule has 1 amide bonds. The maximum absolute atomic E-state index is 12.3. The van der Waals surface area contributed by atoms with Gasteiger partial charge in [0.15, 0.2) is 0 Å². The van der Waals surface area contributed by atoms with Crippen LogP contribution in [-0.2, 0) is 11.3 Å². The predicted octanol–water partition coefficient (Wildman–Crippen LogP) is 2.85. The van der Waals surface area contributed by atoms with Crippen molar-refractivity contribution in [2.75, 3.05) is 31.1 Å². The summed E-state index contributed by atoms with van der Waals surface area (Å²) < 4.78 is 5.51. The number of ether oxygens (including phenoxy) is 1. The van der Waals surface area contributed by atoms with Crippen molar-refractivity contribution in [2.45, 2.75) is 70.7 Å². The summed E-state index contributed by atoms with van der Waals surface area (Å²) in [4.78, 5) is 27.6. The molecule has 33 heavy (non-hydrogen) atoms. The molecule has 4 rings (SSSR count). The molecule has 1 aliphatic carbocycles. The highest BCUT2D eigenvalue weighted by molar-refractivity contribution is 6.05. The molecule has 2 fully saturated rings. The molecule has 0 atom stereocenters. The molecule has 9 heteroatoms. The number of aliphatic imine (C=N–C) groups is 2. The molecule has 1 saturated carbocycles. The number of hydrogen-bond donors (Lipinski definition) is 2. The fourth-order valence-electron chi connectivity index (χ4n) is 4.96. The fraction of sp³-hybridized carbons (Fsp3) is 0.625. The number of piperazine rings is 1. The highest BCUT2D eigenvalue weighted by Gasteiger charge is 2.42. The molecule has 1 spiro atoms. The predicted molar refractivity (Wildman–Crippen MR) is 131 cm³/mol. The first-order valence-electron chi connectivity index (χ1n) is 11.9. The van der Waals surface area contributed by atoms with Gasteiger partial charge in [0, 0.05) is 38.4 Å². The van der Waals surface area contributed by atoms with Crippen LogP contribution in [0.3, 0.4) is 0 Å². The number of benzene rings is 1. The molecule has 2 aliphatic heterocycles. The Morgan fingerprint density at radius 2 is 1.79 bits per heavy atom. The van der Waals surface area contributed by atoms with Crippen LogP contribution in [0.2, 0.25) is 0 Å². The molecule has 1 aromatic rings. The topological polar surface area (TPSA) is 113 Å². The van der Waals surface area contributed by atoms with Gasteiger partial charge in [-0.15, -0.1) is 0 Å². The van der Waals surface area contributed by atoms with Gasteiger partial charge in [0.1, 0.15) is 11.3 Å². The average Bonchev–Trinajstić information content (AvgIpc) is 2.73. The first kappa shape index (κ1) is 23.4. The highest BCUT2D eigenvalue weighted by Crippen LogP contribution is 2.39. The Morgan fingerprint density at radius 1 is 1.09 bits per heavy atom. The third-order valence-corrected chi connectivity index (χ3v) is 6.45. The van der Waals surface area contributed by atoms with Crippen molar-refractivity contribution < 1.29 is 9.53 Å². The summed E-state index contributed by atoms with van der Waals surface area (Å²) >= 11 is 0. The van der Waals surface area contributed by atoms with E-state index in [9.17, 15) is 4.79 Å². The molecule has 3 aliphatic rings. The van der Waals surface area contributed by atoms with Crippen LogP contribution in [0, 0.1) is 0 Å². The van der Waals surface area contributed by atoms with Gasteiger partial charge in [0.05, 0.1) is 0 Å².